The van der Waals surface area contributed by atoms with Crippen molar-refractivity contribution in [3.63, 3.8) is 0 Å². The van der Waals surface area contributed by atoms with Gasteiger partial charge < -0.3 is 9.84 Å². The second-order valence-corrected chi connectivity index (χ2v) is 5.45. The fourth-order valence-corrected chi connectivity index (χ4v) is 2.90. The van der Waals surface area contributed by atoms with E-state index in [0.29, 0.717) is 12.5 Å². The lowest BCUT2D eigenvalue weighted by atomic mass is 10.2. The highest BCUT2D eigenvalue weighted by Gasteiger charge is 2.17. The van der Waals surface area contributed by atoms with Crippen molar-refractivity contribution >= 4 is 11.3 Å². The molecule has 2 rings (SSSR count). The first-order valence-corrected chi connectivity index (χ1v) is 7.17. The SMILES string of the molecule is CC1CN(Cc2sccc2C#CCCO)CCO1. The molecule has 0 amide bonds. The first kappa shape index (κ1) is 13.6. The minimum Gasteiger partial charge on any atom is -0.395 e. The zero-order valence-corrected chi connectivity index (χ0v) is 11.5. The summed E-state index contributed by atoms with van der Waals surface area (Å²) in [5, 5.41) is 10.8. The molecular weight excluding hydrogens is 246 g/mol. The van der Waals surface area contributed by atoms with Crippen LogP contribution in [0, 0.1) is 11.8 Å². The average molecular weight is 265 g/mol. The molecule has 98 valence electrons. The van der Waals surface area contributed by atoms with Gasteiger partial charge in [-0.25, -0.2) is 0 Å². The summed E-state index contributed by atoms with van der Waals surface area (Å²) in [6.45, 7) is 6.00. The number of thiophene rings is 1. The monoisotopic (exact) mass is 265 g/mol. The summed E-state index contributed by atoms with van der Waals surface area (Å²) in [5.41, 5.74) is 1.10. The number of nitrogens with zero attached hydrogens (tertiary/aromatic N) is 1. The highest BCUT2D eigenvalue weighted by atomic mass is 32.1. The van der Waals surface area contributed by atoms with Gasteiger partial charge in [-0.05, 0) is 18.4 Å². The van der Waals surface area contributed by atoms with E-state index in [2.05, 4.69) is 35.1 Å². The van der Waals surface area contributed by atoms with Gasteiger partial charge in [0.25, 0.3) is 0 Å². The molecule has 1 saturated heterocycles. The van der Waals surface area contributed by atoms with Crippen LogP contribution in [-0.4, -0.2) is 42.4 Å². The van der Waals surface area contributed by atoms with Gasteiger partial charge in [-0.1, -0.05) is 11.8 Å². The van der Waals surface area contributed by atoms with Gasteiger partial charge in [0.1, 0.15) is 0 Å². The van der Waals surface area contributed by atoms with E-state index in [1.54, 1.807) is 11.3 Å². The van der Waals surface area contributed by atoms with Gasteiger partial charge in [-0.3, -0.25) is 4.90 Å². The Morgan fingerprint density at radius 3 is 3.28 bits per heavy atom. The minimum atomic E-state index is 0.132. The number of rotatable bonds is 3. The standard InChI is InChI=1S/C14H19NO2S/c1-12-10-15(6-8-17-12)11-14-13(5-9-18-14)4-2-3-7-16/h5,9,12,16H,3,6-8,10-11H2,1H3. The van der Waals surface area contributed by atoms with Crippen LogP contribution in [0.3, 0.4) is 0 Å². The van der Waals surface area contributed by atoms with Crippen LogP contribution in [0.1, 0.15) is 23.8 Å². The number of hydrogen-bond donors (Lipinski definition) is 1. The first-order valence-electron chi connectivity index (χ1n) is 6.29. The Morgan fingerprint density at radius 1 is 1.61 bits per heavy atom. The van der Waals surface area contributed by atoms with Crippen molar-refractivity contribution in [1.82, 2.24) is 4.90 Å². The van der Waals surface area contributed by atoms with Crippen molar-refractivity contribution < 1.29 is 9.84 Å². The molecule has 3 nitrogen and oxygen atoms in total. The second-order valence-electron chi connectivity index (χ2n) is 4.45. The van der Waals surface area contributed by atoms with Crippen LogP contribution in [0.2, 0.25) is 0 Å². The predicted octanol–water partition coefficient (Wildman–Crippen LogP) is 1.70. The highest BCUT2D eigenvalue weighted by molar-refractivity contribution is 7.10. The topological polar surface area (TPSA) is 32.7 Å². The van der Waals surface area contributed by atoms with E-state index in [4.69, 9.17) is 9.84 Å². The Kier molecular flexibility index (Phi) is 5.21. The highest BCUT2D eigenvalue weighted by Crippen LogP contribution is 2.19. The van der Waals surface area contributed by atoms with Gasteiger partial charge in [0.05, 0.1) is 19.3 Å². The van der Waals surface area contributed by atoms with E-state index in [0.717, 1.165) is 31.8 Å². The first-order chi connectivity index (χ1) is 8.79. The third kappa shape index (κ3) is 3.82. The molecule has 18 heavy (non-hydrogen) atoms. The van der Waals surface area contributed by atoms with Crippen LogP contribution >= 0.6 is 11.3 Å². The van der Waals surface area contributed by atoms with E-state index in [1.807, 2.05) is 0 Å². The quantitative estimate of drug-likeness (QED) is 0.844. The van der Waals surface area contributed by atoms with Crippen molar-refractivity contribution in [2.75, 3.05) is 26.3 Å². The third-order valence-electron chi connectivity index (χ3n) is 2.90. The lowest BCUT2D eigenvalue weighted by Crippen LogP contribution is -2.40. The Balaban J connectivity index is 1.97. The molecule has 0 aliphatic carbocycles. The van der Waals surface area contributed by atoms with E-state index in [1.165, 1.54) is 4.88 Å². The maximum atomic E-state index is 8.73. The summed E-state index contributed by atoms with van der Waals surface area (Å²) < 4.78 is 5.54. The number of ether oxygens (including phenoxy) is 1. The molecule has 1 aromatic rings. The third-order valence-corrected chi connectivity index (χ3v) is 3.80. The summed E-state index contributed by atoms with van der Waals surface area (Å²) in [7, 11) is 0. The number of morpholine rings is 1. The molecule has 0 spiro atoms. The van der Waals surface area contributed by atoms with Gasteiger partial charge in [0, 0.05) is 36.5 Å². The van der Waals surface area contributed by atoms with Crippen molar-refractivity contribution in [1.29, 1.82) is 0 Å². The van der Waals surface area contributed by atoms with E-state index in [-0.39, 0.29) is 6.61 Å². The van der Waals surface area contributed by atoms with Gasteiger partial charge in [-0.2, -0.15) is 0 Å². The molecule has 0 aromatic carbocycles. The summed E-state index contributed by atoms with van der Waals surface area (Å²) >= 11 is 1.75. The molecule has 2 heterocycles. The average Bonchev–Trinajstić information content (AvgIpc) is 2.77. The smallest absolute Gasteiger partial charge is 0.0674 e. The van der Waals surface area contributed by atoms with Crippen LogP contribution in [0.25, 0.3) is 0 Å². The molecule has 1 aromatic heterocycles. The fraction of sp³-hybridized carbons (Fsp3) is 0.571. The fourth-order valence-electron chi connectivity index (χ4n) is 2.03. The summed E-state index contributed by atoms with van der Waals surface area (Å²) in [4.78, 5) is 3.73. The Labute approximate surface area is 112 Å². The maximum absolute atomic E-state index is 8.73. The molecule has 4 heteroatoms. The van der Waals surface area contributed by atoms with E-state index >= 15 is 0 Å². The number of hydrogen-bond acceptors (Lipinski definition) is 4. The lowest BCUT2D eigenvalue weighted by molar-refractivity contribution is -0.0209. The second kappa shape index (κ2) is 6.91. The van der Waals surface area contributed by atoms with Gasteiger partial charge in [0.2, 0.25) is 0 Å². The van der Waals surface area contributed by atoms with Crippen LogP contribution in [0.15, 0.2) is 11.4 Å². The molecule has 1 aliphatic heterocycles. The van der Waals surface area contributed by atoms with Crippen LogP contribution in [-0.2, 0) is 11.3 Å². The summed E-state index contributed by atoms with van der Waals surface area (Å²) in [6, 6.07) is 2.06. The largest absolute Gasteiger partial charge is 0.395 e. The Hall–Kier alpha value is -0.860. The molecule has 1 N–H and O–H groups in total. The Morgan fingerprint density at radius 2 is 2.50 bits per heavy atom. The Bertz CT molecular complexity index is 432. The number of aliphatic hydroxyl groups is 1. The van der Waals surface area contributed by atoms with Gasteiger partial charge in [0.15, 0.2) is 0 Å². The minimum absolute atomic E-state index is 0.132. The molecule has 0 bridgehead atoms. The molecule has 1 unspecified atom stereocenters. The zero-order valence-electron chi connectivity index (χ0n) is 10.7. The zero-order chi connectivity index (χ0) is 12.8. The van der Waals surface area contributed by atoms with Crippen LogP contribution in [0.5, 0.6) is 0 Å². The summed E-state index contributed by atoms with van der Waals surface area (Å²) in [6.07, 6.45) is 0.867. The summed E-state index contributed by atoms with van der Waals surface area (Å²) in [5.74, 6) is 6.12. The predicted molar refractivity (Wildman–Crippen MR) is 73.6 cm³/mol. The molecular formula is C14H19NO2S. The van der Waals surface area contributed by atoms with Crippen molar-refractivity contribution in [3.05, 3.63) is 21.9 Å². The molecule has 0 radical (unpaired) electrons. The normalized spacial score (nSPS) is 20.4. The van der Waals surface area contributed by atoms with Crippen molar-refractivity contribution in [3.8, 4) is 11.8 Å². The molecule has 1 atom stereocenters. The van der Waals surface area contributed by atoms with Crippen LogP contribution in [0.4, 0.5) is 0 Å². The van der Waals surface area contributed by atoms with Crippen LogP contribution < -0.4 is 0 Å². The van der Waals surface area contributed by atoms with Gasteiger partial charge >= 0.3 is 0 Å². The van der Waals surface area contributed by atoms with Gasteiger partial charge in [-0.15, -0.1) is 11.3 Å². The molecule has 1 fully saturated rings. The molecule has 1 aliphatic rings. The van der Waals surface area contributed by atoms with E-state index in [9.17, 15) is 0 Å². The van der Waals surface area contributed by atoms with Crippen molar-refractivity contribution in [2.45, 2.75) is 26.0 Å². The van der Waals surface area contributed by atoms with E-state index < -0.39 is 0 Å². The number of aliphatic hydroxyl groups excluding tert-OH is 1. The molecule has 0 saturated carbocycles. The van der Waals surface area contributed by atoms with Crippen molar-refractivity contribution in [2.24, 2.45) is 0 Å². The maximum Gasteiger partial charge on any atom is 0.0674 e. The lowest BCUT2D eigenvalue weighted by Gasteiger charge is -2.30.